The topological polar surface area (TPSA) is 21.3 Å². The maximum Gasteiger partial charge on any atom is 0.0671 e. The van der Waals surface area contributed by atoms with Crippen molar-refractivity contribution in [2.24, 2.45) is 5.92 Å². The molecular weight excluding hydrogens is 162 g/mol. The zero-order valence-corrected chi connectivity index (χ0v) is 9.60. The summed E-state index contributed by atoms with van der Waals surface area (Å²) in [6.45, 7) is 11.6. The maximum absolute atomic E-state index is 5.42. The van der Waals surface area contributed by atoms with Crippen LogP contribution in [0.5, 0.6) is 0 Å². The largest absolute Gasteiger partial charge is 0.377 e. The van der Waals surface area contributed by atoms with Crippen LogP contribution in [0.15, 0.2) is 0 Å². The van der Waals surface area contributed by atoms with Gasteiger partial charge in [-0.3, -0.25) is 0 Å². The van der Waals surface area contributed by atoms with Crippen LogP contribution in [0.4, 0.5) is 0 Å². The van der Waals surface area contributed by atoms with E-state index in [4.69, 9.17) is 4.74 Å². The number of hydrogen-bond donors (Lipinski definition) is 1. The molecule has 0 amide bonds. The summed E-state index contributed by atoms with van der Waals surface area (Å²) < 4.78 is 5.42. The van der Waals surface area contributed by atoms with Crippen LogP contribution in [0, 0.1) is 5.92 Å². The normalized spacial score (nSPS) is 15.7. The lowest BCUT2D eigenvalue weighted by Gasteiger charge is -2.15. The van der Waals surface area contributed by atoms with E-state index >= 15 is 0 Å². The fourth-order valence-corrected chi connectivity index (χ4v) is 1.47. The molecule has 0 aromatic heterocycles. The molecule has 2 nitrogen and oxygen atoms in total. The Morgan fingerprint density at radius 2 is 1.85 bits per heavy atom. The molecule has 0 saturated heterocycles. The predicted molar refractivity (Wildman–Crippen MR) is 58.0 cm³/mol. The Morgan fingerprint density at radius 3 is 2.38 bits per heavy atom. The van der Waals surface area contributed by atoms with Crippen LogP contribution in [0.1, 0.15) is 40.5 Å². The molecule has 0 aliphatic heterocycles. The van der Waals surface area contributed by atoms with Gasteiger partial charge in [-0.15, -0.1) is 0 Å². The summed E-state index contributed by atoms with van der Waals surface area (Å²) in [6, 6.07) is 0. The molecule has 80 valence electrons. The van der Waals surface area contributed by atoms with Crippen molar-refractivity contribution in [3.8, 4) is 0 Å². The van der Waals surface area contributed by atoms with Gasteiger partial charge in [0.15, 0.2) is 0 Å². The van der Waals surface area contributed by atoms with Crippen molar-refractivity contribution < 1.29 is 4.74 Å². The van der Waals surface area contributed by atoms with E-state index in [-0.39, 0.29) is 0 Å². The molecule has 2 unspecified atom stereocenters. The molecular formula is C11H25NO. The van der Waals surface area contributed by atoms with Crippen LogP contribution in [0.25, 0.3) is 0 Å². The van der Waals surface area contributed by atoms with Gasteiger partial charge in [0.25, 0.3) is 0 Å². The summed E-state index contributed by atoms with van der Waals surface area (Å²) in [7, 11) is 0. The van der Waals surface area contributed by atoms with Gasteiger partial charge in [-0.05, 0) is 32.7 Å². The molecule has 0 rings (SSSR count). The van der Waals surface area contributed by atoms with Crippen LogP contribution in [-0.4, -0.2) is 25.8 Å². The Hall–Kier alpha value is -0.0800. The quantitative estimate of drug-likeness (QED) is 0.630. The van der Waals surface area contributed by atoms with Gasteiger partial charge >= 0.3 is 0 Å². The molecule has 0 aliphatic rings. The Labute approximate surface area is 83.1 Å². The van der Waals surface area contributed by atoms with E-state index in [1.165, 1.54) is 12.8 Å². The van der Waals surface area contributed by atoms with Gasteiger partial charge in [-0.25, -0.2) is 0 Å². The highest BCUT2D eigenvalue weighted by Crippen LogP contribution is 2.02. The van der Waals surface area contributed by atoms with E-state index in [0.29, 0.717) is 6.10 Å². The molecule has 0 aliphatic carbocycles. The first-order valence-corrected chi connectivity index (χ1v) is 5.53. The molecule has 0 heterocycles. The fraction of sp³-hybridized carbons (Fsp3) is 1.00. The van der Waals surface area contributed by atoms with E-state index in [0.717, 1.165) is 25.6 Å². The highest BCUT2D eigenvalue weighted by atomic mass is 16.5. The van der Waals surface area contributed by atoms with Gasteiger partial charge in [-0.2, -0.15) is 0 Å². The van der Waals surface area contributed by atoms with Crippen molar-refractivity contribution in [3.63, 3.8) is 0 Å². The van der Waals surface area contributed by atoms with Gasteiger partial charge in [0.1, 0.15) is 0 Å². The summed E-state index contributed by atoms with van der Waals surface area (Å²) in [6.07, 6.45) is 2.94. The number of hydrogen-bond acceptors (Lipinski definition) is 2. The molecule has 0 fully saturated rings. The van der Waals surface area contributed by atoms with Crippen molar-refractivity contribution in [1.82, 2.24) is 5.32 Å². The Morgan fingerprint density at radius 1 is 1.15 bits per heavy atom. The molecule has 0 spiro atoms. The van der Waals surface area contributed by atoms with Gasteiger partial charge in [0, 0.05) is 13.2 Å². The van der Waals surface area contributed by atoms with Gasteiger partial charge in [0.05, 0.1) is 6.10 Å². The minimum atomic E-state index is 0.346. The summed E-state index contributed by atoms with van der Waals surface area (Å²) in [5.41, 5.74) is 0. The second-order valence-electron chi connectivity index (χ2n) is 3.82. The first-order chi connectivity index (χ1) is 6.20. The predicted octanol–water partition coefficient (Wildman–Crippen LogP) is 2.44. The highest BCUT2D eigenvalue weighted by molar-refractivity contribution is 4.59. The zero-order valence-electron chi connectivity index (χ0n) is 9.60. The molecule has 13 heavy (non-hydrogen) atoms. The van der Waals surface area contributed by atoms with E-state index in [2.05, 4.69) is 26.1 Å². The molecule has 0 radical (unpaired) electrons. The second kappa shape index (κ2) is 8.52. The Kier molecular flexibility index (Phi) is 8.46. The average Bonchev–Trinajstić information content (AvgIpc) is 2.05. The maximum atomic E-state index is 5.42. The van der Waals surface area contributed by atoms with Gasteiger partial charge < -0.3 is 10.1 Å². The molecule has 2 atom stereocenters. The van der Waals surface area contributed by atoms with E-state index in [1.807, 2.05) is 6.92 Å². The van der Waals surface area contributed by atoms with Gasteiger partial charge in [0.2, 0.25) is 0 Å². The summed E-state index contributed by atoms with van der Waals surface area (Å²) >= 11 is 0. The number of nitrogens with one attached hydrogen (secondary N) is 1. The first-order valence-electron chi connectivity index (χ1n) is 5.53. The molecule has 1 N–H and O–H groups in total. The Bertz CT molecular complexity index is 94.3. The molecule has 0 saturated carbocycles. The lowest BCUT2D eigenvalue weighted by Crippen LogP contribution is -2.30. The lowest BCUT2D eigenvalue weighted by atomic mass is 10.1. The minimum absolute atomic E-state index is 0.346. The van der Waals surface area contributed by atoms with Crippen LogP contribution in [0.3, 0.4) is 0 Å². The monoisotopic (exact) mass is 187 g/mol. The van der Waals surface area contributed by atoms with E-state index in [9.17, 15) is 0 Å². The highest BCUT2D eigenvalue weighted by Gasteiger charge is 2.02. The van der Waals surface area contributed by atoms with Crippen LogP contribution in [0.2, 0.25) is 0 Å². The molecule has 0 aromatic carbocycles. The summed E-state index contributed by atoms with van der Waals surface area (Å²) in [4.78, 5) is 0. The van der Waals surface area contributed by atoms with Crippen molar-refractivity contribution in [1.29, 1.82) is 0 Å². The smallest absolute Gasteiger partial charge is 0.0671 e. The minimum Gasteiger partial charge on any atom is -0.377 e. The van der Waals surface area contributed by atoms with E-state index in [1.54, 1.807) is 0 Å². The third-order valence-electron chi connectivity index (χ3n) is 2.16. The molecule has 2 heteroatoms. The van der Waals surface area contributed by atoms with Gasteiger partial charge in [-0.1, -0.05) is 20.3 Å². The Balaban J connectivity index is 3.23. The third kappa shape index (κ3) is 8.26. The summed E-state index contributed by atoms with van der Waals surface area (Å²) in [5.74, 6) is 0.791. The summed E-state index contributed by atoms with van der Waals surface area (Å²) in [5, 5.41) is 3.43. The number of rotatable bonds is 8. The molecule has 0 bridgehead atoms. The SMILES string of the molecule is CCCC(C)CNCC(C)OCC. The third-order valence-corrected chi connectivity index (χ3v) is 2.16. The fourth-order valence-electron chi connectivity index (χ4n) is 1.47. The second-order valence-corrected chi connectivity index (χ2v) is 3.82. The van der Waals surface area contributed by atoms with Crippen LogP contribution >= 0.6 is 0 Å². The van der Waals surface area contributed by atoms with Crippen molar-refractivity contribution >= 4 is 0 Å². The number of ether oxygens (including phenoxy) is 1. The zero-order chi connectivity index (χ0) is 10.1. The van der Waals surface area contributed by atoms with Crippen molar-refractivity contribution in [2.45, 2.75) is 46.6 Å². The van der Waals surface area contributed by atoms with E-state index < -0.39 is 0 Å². The lowest BCUT2D eigenvalue weighted by molar-refractivity contribution is 0.0755. The standard InChI is InChI=1S/C11H25NO/c1-5-7-10(3)8-12-9-11(4)13-6-2/h10-12H,5-9H2,1-4H3. The van der Waals surface area contributed by atoms with Crippen LogP contribution in [-0.2, 0) is 4.74 Å². The van der Waals surface area contributed by atoms with Crippen molar-refractivity contribution in [3.05, 3.63) is 0 Å². The average molecular weight is 187 g/mol. The first kappa shape index (κ1) is 12.9. The van der Waals surface area contributed by atoms with Crippen molar-refractivity contribution in [2.75, 3.05) is 19.7 Å². The molecule has 0 aromatic rings. The van der Waals surface area contributed by atoms with Crippen LogP contribution < -0.4 is 5.32 Å².